The van der Waals surface area contributed by atoms with Gasteiger partial charge in [-0.1, -0.05) is 11.6 Å². The molecule has 0 spiro atoms. The molecule has 3 amide bonds. The van der Waals surface area contributed by atoms with E-state index in [1.165, 1.54) is 45.3 Å². The van der Waals surface area contributed by atoms with E-state index in [1.54, 1.807) is 12.1 Å². The minimum Gasteiger partial charge on any atom is -0.495 e. The van der Waals surface area contributed by atoms with Crippen LogP contribution in [-0.2, 0) is 9.53 Å². The van der Waals surface area contributed by atoms with Gasteiger partial charge in [-0.05, 0) is 43.3 Å². The zero-order valence-corrected chi connectivity index (χ0v) is 16.6. The minimum absolute atomic E-state index is 0.0557. The summed E-state index contributed by atoms with van der Waals surface area (Å²) in [6, 6.07) is 8.75. The Balaban J connectivity index is 1.71. The lowest BCUT2D eigenvalue weighted by Gasteiger charge is -2.15. The molecular weight excluding hydrogens is 400 g/mol. The zero-order chi connectivity index (χ0) is 21.3. The highest BCUT2D eigenvalue weighted by atomic mass is 35.5. The second-order valence-corrected chi connectivity index (χ2v) is 6.75. The molecule has 1 unspecified atom stereocenters. The molecule has 1 aliphatic heterocycles. The van der Waals surface area contributed by atoms with Crippen LogP contribution in [0, 0.1) is 0 Å². The summed E-state index contributed by atoms with van der Waals surface area (Å²) in [5.74, 6) is -1.94. The largest absolute Gasteiger partial charge is 0.495 e. The SMILES string of the molecule is COc1ccc(Cl)cc1NC(=O)C(C)OC(=O)c1ccc2c(c1)C(=O)N(C)C2=O. The first-order valence-electron chi connectivity index (χ1n) is 8.54. The summed E-state index contributed by atoms with van der Waals surface area (Å²) in [6.45, 7) is 1.40. The predicted octanol–water partition coefficient (Wildman–Crippen LogP) is 2.76. The van der Waals surface area contributed by atoms with E-state index in [0.29, 0.717) is 16.5 Å². The predicted molar refractivity (Wildman–Crippen MR) is 104 cm³/mol. The van der Waals surface area contributed by atoms with Gasteiger partial charge in [-0.2, -0.15) is 0 Å². The maximum absolute atomic E-state index is 12.4. The van der Waals surface area contributed by atoms with E-state index in [1.807, 2.05) is 0 Å². The van der Waals surface area contributed by atoms with Crippen LogP contribution in [0.25, 0.3) is 0 Å². The Labute approximate surface area is 171 Å². The van der Waals surface area contributed by atoms with E-state index in [4.69, 9.17) is 21.1 Å². The number of nitrogens with zero attached hydrogens (tertiary/aromatic N) is 1. The van der Waals surface area contributed by atoms with E-state index in [2.05, 4.69) is 5.32 Å². The number of benzene rings is 2. The highest BCUT2D eigenvalue weighted by molar-refractivity contribution is 6.31. The van der Waals surface area contributed by atoms with Gasteiger partial charge in [0.2, 0.25) is 0 Å². The third-order valence-electron chi connectivity index (χ3n) is 4.40. The van der Waals surface area contributed by atoms with Gasteiger partial charge in [0.05, 0.1) is 29.5 Å². The Kier molecular flexibility index (Phi) is 5.56. The molecule has 1 N–H and O–H groups in total. The van der Waals surface area contributed by atoms with E-state index in [-0.39, 0.29) is 16.7 Å². The Hall–Kier alpha value is -3.39. The van der Waals surface area contributed by atoms with Crippen molar-refractivity contribution in [2.24, 2.45) is 0 Å². The quantitative estimate of drug-likeness (QED) is 0.594. The number of rotatable bonds is 5. The van der Waals surface area contributed by atoms with Crippen LogP contribution >= 0.6 is 11.6 Å². The van der Waals surface area contributed by atoms with E-state index >= 15 is 0 Å². The number of halogens is 1. The normalized spacial score (nSPS) is 13.7. The van der Waals surface area contributed by atoms with Gasteiger partial charge in [-0.15, -0.1) is 0 Å². The van der Waals surface area contributed by atoms with Gasteiger partial charge in [-0.3, -0.25) is 19.3 Å². The molecule has 0 aliphatic carbocycles. The van der Waals surface area contributed by atoms with Crippen molar-refractivity contribution in [2.45, 2.75) is 13.0 Å². The Bertz CT molecular complexity index is 1040. The minimum atomic E-state index is -1.14. The van der Waals surface area contributed by atoms with Crippen LogP contribution < -0.4 is 10.1 Å². The molecule has 0 radical (unpaired) electrons. The van der Waals surface area contributed by atoms with Crippen molar-refractivity contribution in [3.63, 3.8) is 0 Å². The van der Waals surface area contributed by atoms with Gasteiger partial charge in [-0.25, -0.2) is 4.79 Å². The number of hydrogen-bond acceptors (Lipinski definition) is 6. The number of nitrogens with one attached hydrogen (secondary N) is 1. The fraction of sp³-hybridized carbons (Fsp3) is 0.200. The van der Waals surface area contributed by atoms with Crippen LogP contribution in [0.5, 0.6) is 5.75 Å². The fourth-order valence-corrected chi connectivity index (χ4v) is 2.95. The van der Waals surface area contributed by atoms with E-state index in [0.717, 1.165) is 4.90 Å². The Morgan fingerprint density at radius 2 is 1.76 bits per heavy atom. The Morgan fingerprint density at radius 1 is 1.07 bits per heavy atom. The van der Waals surface area contributed by atoms with Crippen molar-refractivity contribution in [1.82, 2.24) is 4.90 Å². The standard InChI is InChI=1S/C20H17ClN2O6/c1-10(17(24)22-15-9-12(21)5-7-16(15)28-3)29-20(27)11-4-6-13-14(8-11)19(26)23(2)18(13)25/h4-10H,1-3H3,(H,22,24). The molecule has 0 fully saturated rings. The van der Waals surface area contributed by atoms with Gasteiger partial charge < -0.3 is 14.8 Å². The average molecular weight is 417 g/mol. The van der Waals surface area contributed by atoms with Crippen molar-refractivity contribution in [1.29, 1.82) is 0 Å². The summed E-state index contributed by atoms with van der Waals surface area (Å²) in [7, 11) is 2.80. The molecule has 150 valence electrons. The van der Waals surface area contributed by atoms with Gasteiger partial charge in [0, 0.05) is 12.1 Å². The number of hydrogen-bond donors (Lipinski definition) is 1. The van der Waals surface area contributed by atoms with Crippen LogP contribution in [0.3, 0.4) is 0 Å². The number of ether oxygens (including phenoxy) is 2. The number of carbonyl (C=O) groups is 4. The topological polar surface area (TPSA) is 102 Å². The van der Waals surface area contributed by atoms with Crippen molar-refractivity contribution < 1.29 is 28.7 Å². The molecule has 29 heavy (non-hydrogen) atoms. The lowest BCUT2D eigenvalue weighted by Crippen LogP contribution is -2.30. The third-order valence-corrected chi connectivity index (χ3v) is 4.63. The first-order chi connectivity index (χ1) is 13.7. The first kappa shape index (κ1) is 20.3. The van der Waals surface area contributed by atoms with Gasteiger partial charge in [0.25, 0.3) is 17.7 Å². The van der Waals surface area contributed by atoms with E-state index in [9.17, 15) is 19.2 Å². The Morgan fingerprint density at radius 3 is 2.45 bits per heavy atom. The summed E-state index contributed by atoms with van der Waals surface area (Å²) in [4.78, 5) is 49.7. The highest BCUT2D eigenvalue weighted by Gasteiger charge is 2.33. The number of amides is 3. The van der Waals surface area contributed by atoms with Gasteiger partial charge in [0.15, 0.2) is 6.10 Å². The second kappa shape index (κ2) is 7.92. The van der Waals surface area contributed by atoms with Crippen LogP contribution in [-0.4, -0.2) is 48.9 Å². The van der Waals surface area contributed by atoms with Crippen molar-refractivity contribution in [2.75, 3.05) is 19.5 Å². The average Bonchev–Trinajstić information content (AvgIpc) is 2.91. The summed E-state index contributed by atoms with van der Waals surface area (Å²) in [6.07, 6.45) is -1.14. The second-order valence-electron chi connectivity index (χ2n) is 6.31. The molecule has 9 heteroatoms. The third kappa shape index (κ3) is 3.93. The molecule has 0 aromatic heterocycles. The monoisotopic (exact) mass is 416 g/mol. The molecule has 3 rings (SSSR count). The molecule has 0 saturated carbocycles. The summed E-state index contributed by atoms with van der Waals surface area (Å²) < 4.78 is 10.3. The van der Waals surface area contributed by atoms with Crippen LogP contribution in [0.15, 0.2) is 36.4 Å². The molecular formula is C20H17ClN2O6. The molecule has 1 aliphatic rings. The smallest absolute Gasteiger partial charge is 0.338 e. The van der Waals surface area contributed by atoms with Crippen LogP contribution in [0.4, 0.5) is 5.69 Å². The maximum Gasteiger partial charge on any atom is 0.338 e. The van der Waals surface area contributed by atoms with Gasteiger partial charge >= 0.3 is 5.97 Å². The first-order valence-corrected chi connectivity index (χ1v) is 8.92. The number of fused-ring (bicyclic) bond motifs is 1. The molecule has 1 atom stereocenters. The summed E-state index contributed by atoms with van der Waals surface area (Å²) >= 11 is 5.93. The number of anilines is 1. The zero-order valence-electron chi connectivity index (χ0n) is 15.8. The molecule has 0 saturated heterocycles. The van der Waals surface area contributed by atoms with Crippen molar-refractivity contribution in [3.05, 3.63) is 58.1 Å². The summed E-state index contributed by atoms with van der Waals surface area (Å²) in [5, 5.41) is 2.98. The molecule has 2 aromatic rings. The maximum atomic E-state index is 12.4. The number of methoxy groups -OCH3 is 1. The lowest BCUT2D eigenvalue weighted by molar-refractivity contribution is -0.123. The van der Waals surface area contributed by atoms with Gasteiger partial charge in [0.1, 0.15) is 5.75 Å². The fourth-order valence-electron chi connectivity index (χ4n) is 2.78. The summed E-state index contributed by atoms with van der Waals surface area (Å²) in [5.41, 5.74) is 0.721. The van der Waals surface area contributed by atoms with E-state index < -0.39 is 29.8 Å². The van der Waals surface area contributed by atoms with Crippen molar-refractivity contribution in [3.8, 4) is 5.75 Å². The van der Waals surface area contributed by atoms with Crippen molar-refractivity contribution >= 4 is 41.0 Å². The molecule has 2 aromatic carbocycles. The lowest BCUT2D eigenvalue weighted by atomic mass is 10.1. The highest BCUT2D eigenvalue weighted by Crippen LogP contribution is 2.28. The van der Waals surface area contributed by atoms with Crippen LogP contribution in [0.2, 0.25) is 5.02 Å². The molecule has 8 nitrogen and oxygen atoms in total. The molecule has 0 bridgehead atoms. The number of esters is 1. The number of imide groups is 1. The molecule has 1 heterocycles. The van der Waals surface area contributed by atoms with Crippen LogP contribution in [0.1, 0.15) is 38.0 Å². The number of carbonyl (C=O) groups excluding carboxylic acids is 4.